The number of quaternary nitrogens is 1. The van der Waals surface area contributed by atoms with Crippen LogP contribution in [0.3, 0.4) is 0 Å². The van der Waals surface area contributed by atoms with Crippen LogP contribution in [0.2, 0.25) is 0 Å². The van der Waals surface area contributed by atoms with Crippen LogP contribution in [0.15, 0.2) is 29.3 Å². The summed E-state index contributed by atoms with van der Waals surface area (Å²) in [5.41, 5.74) is 0.649. The first-order valence-electron chi connectivity index (χ1n) is 5.30. The van der Waals surface area contributed by atoms with E-state index in [1.807, 2.05) is 0 Å². The molecule has 0 saturated carbocycles. The SMILES string of the molecule is CC(=O)C(C=Nc1ccc([NH+]([O-])O)cc1)C(C)=O. The van der Waals surface area contributed by atoms with E-state index in [4.69, 9.17) is 5.21 Å². The van der Waals surface area contributed by atoms with E-state index in [1.54, 1.807) is 0 Å². The van der Waals surface area contributed by atoms with Gasteiger partial charge in [0.15, 0.2) is 5.69 Å². The van der Waals surface area contributed by atoms with Crippen LogP contribution in [0.25, 0.3) is 0 Å². The van der Waals surface area contributed by atoms with Crippen molar-refractivity contribution in [3.05, 3.63) is 29.5 Å². The van der Waals surface area contributed by atoms with Gasteiger partial charge in [-0.15, -0.1) is 0 Å². The van der Waals surface area contributed by atoms with E-state index in [9.17, 15) is 14.8 Å². The minimum atomic E-state index is -1.02. The van der Waals surface area contributed by atoms with Crippen molar-refractivity contribution in [3.63, 3.8) is 0 Å². The summed E-state index contributed by atoms with van der Waals surface area (Å²) in [5, 5.41) is 18.3. The average Bonchev–Trinajstić information content (AvgIpc) is 2.28. The van der Waals surface area contributed by atoms with Crippen LogP contribution in [0.5, 0.6) is 0 Å². The van der Waals surface area contributed by atoms with Gasteiger partial charge in [-0.05, 0) is 26.0 Å². The van der Waals surface area contributed by atoms with Crippen molar-refractivity contribution in [2.45, 2.75) is 13.8 Å². The summed E-state index contributed by atoms with van der Waals surface area (Å²) in [6.45, 7) is 2.65. The Labute approximate surface area is 104 Å². The van der Waals surface area contributed by atoms with Crippen molar-refractivity contribution in [1.82, 2.24) is 0 Å². The van der Waals surface area contributed by atoms with Gasteiger partial charge in [-0.1, -0.05) is 0 Å². The third-order valence-corrected chi connectivity index (χ3v) is 2.36. The molecule has 2 N–H and O–H groups in total. The van der Waals surface area contributed by atoms with E-state index in [-0.39, 0.29) is 17.3 Å². The topological polar surface area (TPSA) is 94.2 Å². The zero-order chi connectivity index (χ0) is 13.7. The predicted octanol–water partition coefficient (Wildman–Crippen LogP) is 0.587. The highest BCUT2D eigenvalue weighted by Crippen LogP contribution is 2.14. The number of hydrogen-bond donors (Lipinski definition) is 2. The Bertz CT molecular complexity index is 451. The van der Waals surface area contributed by atoms with E-state index in [0.29, 0.717) is 5.69 Å². The average molecular weight is 250 g/mol. The maximum absolute atomic E-state index is 11.2. The highest BCUT2D eigenvalue weighted by Gasteiger charge is 2.16. The first-order chi connectivity index (χ1) is 8.41. The van der Waals surface area contributed by atoms with Crippen LogP contribution in [0.4, 0.5) is 11.4 Å². The summed E-state index contributed by atoms with van der Waals surface area (Å²) in [6.07, 6.45) is 1.28. The number of aliphatic imine (C=N–C) groups is 1. The molecule has 1 rings (SSSR count). The first-order valence-corrected chi connectivity index (χ1v) is 5.30. The highest BCUT2D eigenvalue weighted by atomic mass is 16.8. The van der Waals surface area contributed by atoms with Crippen molar-refractivity contribution in [1.29, 1.82) is 0 Å². The number of carbonyl (C=O) groups is 2. The van der Waals surface area contributed by atoms with E-state index < -0.39 is 11.1 Å². The molecule has 1 aromatic rings. The molecular weight excluding hydrogens is 236 g/mol. The molecule has 0 amide bonds. The molecule has 0 aromatic heterocycles. The molecule has 0 spiro atoms. The third-order valence-electron chi connectivity index (χ3n) is 2.36. The van der Waals surface area contributed by atoms with E-state index >= 15 is 0 Å². The fourth-order valence-electron chi connectivity index (χ4n) is 1.35. The molecule has 1 aromatic carbocycles. The third kappa shape index (κ3) is 3.85. The first kappa shape index (κ1) is 14.2. The molecule has 0 heterocycles. The Balaban J connectivity index is 2.83. The lowest BCUT2D eigenvalue weighted by Crippen LogP contribution is -2.99. The van der Waals surface area contributed by atoms with Crippen molar-refractivity contribution in [3.8, 4) is 0 Å². The van der Waals surface area contributed by atoms with Gasteiger partial charge in [0.2, 0.25) is 0 Å². The maximum Gasteiger partial charge on any atom is 0.163 e. The van der Waals surface area contributed by atoms with Crippen LogP contribution in [0, 0.1) is 11.1 Å². The van der Waals surface area contributed by atoms with Crippen LogP contribution in [0.1, 0.15) is 13.8 Å². The summed E-state index contributed by atoms with van der Waals surface area (Å²) < 4.78 is 0. The minimum Gasteiger partial charge on any atom is -0.595 e. The van der Waals surface area contributed by atoms with E-state index in [0.717, 1.165) is 0 Å². The monoisotopic (exact) mass is 250 g/mol. The predicted molar refractivity (Wildman–Crippen MR) is 65.2 cm³/mol. The Morgan fingerprint density at radius 2 is 1.78 bits per heavy atom. The number of benzene rings is 1. The summed E-state index contributed by atoms with van der Waals surface area (Å²) in [5.74, 6) is -1.38. The molecule has 0 bridgehead atoms. The molecule has 96 valence electrons. The summed E-state index contributed by atoms with van der Waals surface area (Å²) in [4.78, 5) is 26.3. The standard InChI is InChI=1S/C12H14N2O4/c1-8(15)12(9(2)16)7-13-10-3-5-11(6-4-10)14(17)18/h3-7,12,14,17H,1-2H3. The van der Waals surface area contributed by atoms with Gasteiger partial charge >= 0.3 is 0 Å². The van der Waals surface area contributed by atoms with Crippen molar-refractivity contribution >= 4 is 29.2 Å². The summed E-state index contributed by atoms with van der Waals surface area (Å²) in [6, 6.07) is 5.84. The zero-order valence-electron chi connectivity index (χ0n) is 10.1. The van der Waals surface area contributed by atoms with Gasteiger partial charge in [-0.3, -0.25) is 14.6 Å². The smallest absolute Gasteiger partial charge is 0.163 e. The lowest BCUT2D eigenvalue weighted by molar-refractivity contribution is -0.991. The molecule has 0 saturated heterocycles. The van der Waals surface area contributed by atoms with Crippen molar-refractivity contribution < 1.29 is 20.0 Å². The number of ketones is 2. The minimum absolute atomic E-state index is 0.156. The molecule has 0 aliphatic rings. The summed E-state index contributed by atoms with van der Waals surface area (Å²) in [7, 11) is 0. The molecule has 1 atom stereocenters. The van der Waals surface area contributed by atoms with E-state index in [2.05, 4.69) is 4.99 Å². The second-order valence-corrected chi connectivity index (χ2v) is 3.83. The maximum atomic E-state index is 11.2. The van der Waals surface area contributed by atoms with Crippen LogP contribution in [-0.2, 0) is 9.59 Å². The van der Waals surface area contributed by atoms with Gasteiger partial charge in [0, 0.05) is 18.3 Å². The Morgan fingerprint density at radius 1 is 1.28 bits per heavy atom. The summed E-state index contributed by atoms with van der Waals surface area (Å²) >= 11 is 0. The van der Waals surface area contributed by atoms with Crippen molar-refractivity contribution in [2.75, 3.05) is 0 Å². The lowest BCUT2D eigenvalue weighted by Gasteiger charge is -2.10. The fourth-order valence-corrected chi connectivity index (χ4v) is 1.35. The highest BCUT2D eigenvalue weighted by molar-refractivity contribution is 6.13. The lowest BCUT2D eigenvalue weighted by atomic mass is 10.0. The fraction of sp³-hybridized carbons (Fsp3) is 0.250. The number of hydrogen-bond acceptors (Lipinski definition) is 5. The number of Topliss-reactive ketones (excluding diaryl/α,β-unsaturated/α-hetero) is 2. The number of rotatable bonds is 5. The molecule has 0 radical (unpaired) electrons. The molecular formula is C12H14N2O4. The Hall–Kier alpha value is -1.89. The molecule has 6 nitrogen and oxygen atoms in total. The van der Waals surface area contributed by atoms with E-state index in [1.165, 1.54) is 44.3 Å². The zero-order valence-corrected chi connectivity index (χ0v) is 10.1. The van der Waals surface area contributed by atoms with Gasteiger partial charge in [0.05, 0.1) is 5.69 Å². The molecule has 0 aliphatic heterocycles. The van der Waals surface area contributed by atoms with Gasteiger partial charge in [0.1, 0.15) is 17.5 Å². The molecule has 6 heteroatoms. The van der Waals surface area contributed by atoms with Gasteiger partial charge in [-0.25, -0.2) is 5.21 Å². The molecule has 0 fully saturated rings. The largest absolute Gasteiger partial charge is 0.595 e. The Morgan fingerprint density at radius 3 is 2.17 bits per heavy atom. The number of carbonyl (C=O) groups excluding carboxylic acids is 2. The second-order valence-electron chi connectivity index (χ2n) is 3.83. The van der Waals surface area contributed by atoms with Gasteiger partial charge < -0.3 is 5.21 Å². The molecule has 1 unspecified atom stereocenters. The Kier molecular flexibility index (Phi) is 4.85. The van der Waals surface area contributed by atoms with Crippen LogP contribution >= 0.6 is 0 Å². The van der Waals surface area contributed by atoms with Crippen LogP contribution in [-0.4, -0.2) is 23.0 Å². The molecule has 0 aliphatic carbocycles. The van der Waals surface area contributed by atoms with Crippen LogP contribution < -0.4 is 5.23 Å². The van der Waals surface area contributed by atoms with Gasteiger partial charge in [-0.2, -0.15) is 5.23 Å². The second kappa shape index (κ2) is 6.15. The number of nitrogens with zero attached hydrogens (tertiary/aromatic N) is 1. The normalized spacial score (nSPS) is 12.9. The van der Waals surface area contributed by atoms with Crippen molar-refractivity contribution in [2.24, 2.45) is 10.9 Å². The number of nitrogens with one attached hydrogen (secondary N) is 1. The van der Waals surface area contributed by atoms with Gasteiger partial charge in [0.25, 0.3) is 0 Å². The quantitative estimate of drug-likeness (QED) is 0.454. The molecule has 18 heavy (non-hydrogen) atoms.